The van der Waals surface area contributed by atoms with Crippen LogP contribution >= 0.6 is 0 Å². The van der Waals surface area contributed by atoms with Crippen molar-refractivity contribution in [2.24, 2.45) is 0 Å². The highest BCUT2D eigenvalue weighted by molar-refractivity contribution is 5.88. The SMILES string of the molecule is C(#CC1(c2ccccc2)c2ccccc2-c2ccc(-c3ccc(-c4ccc(N(c5ccccc5)c5ccccc5)cc4)cc3)cc21)c1ccccc1. The molecule has 52 heavy (non-hydrogen) atoms. The summed E-state index contributed by atoms with van der Waals surface area (Å²) in [6.45, 7) is 0. The average Bonchev–Trinajstić information content (AvgIpc) is 3.52. The van der Waals surface area contributed by atoms with E-state index in [1.54, 1.807) is 0 Å². The van der Waals surface area contributed by atoms with Crippen molar-refractivity contribution in [2.45, 2.75) is 5.41 Å². The Hall–Kier alpha value is -6.88. The molecule has 9 rings (SSSR count). The van der Waals surface area contributed by atoms with Gasteiger partial charge in [-0.2, -0.15) is 0 Å². The minimum atomic E-state index is -0.603. The first-order valence-corrected chi connectivity index (χ1v) is 17.8. The Balaban J connectivity index is 1.08. The first-order valence-electron chi connectivity index (χ1n) is 17.8. The van der Waals surface area contributed by atoms with Gasteiger partial charge in [-0.05, 0) is 105 Å². The molecule has 0 radical (unpaired) electrons. The number of hydrogen-bond donors (Lipinski definition) is 0. The third-order valence-corrected chi connectivity index (χ3v) is 10.1. The molecule has 0 saturated heterocycles. The summed E-state index contributed by atoms with van der Waals surface area (Å²) in [5, 5.41) is 0. The third-order valence-electron chi connectivity index (χ3n) is 10.1. The number of rotatable bonds is 6. The fourth-order valence-corrected chi connectivity index (χ4v) is 7.61. The maximum Gasteiger partial charge on any atom is 0.108 e. The molecule has 244 valence electrons. The molecule has 8 aromatic carbocycles. The molecule has 0 amide bonds. The molecule has 0 bridgehead atoms. The van der Waals surface area contributed by atoms with Crippen molar-refractivity contribution in [3.05, 3.63) is 235 Å². The number of benzene rings is 8. The second-order valence-electron chi connectivity index (χ2n) is 13.2. The van der Waals surface area contributed by atoms with Gasteiger partial charge in [-0.3, -0.25) is 0 Å². The topological polar surface area (TPSA) is 3.24 Å². The van der Waals surface area contributed by atoms with Gasteiger partial charge >= 0.3 is 0 Å². The van der Waals surface area contributed by atoms with Crippen molar-refractivity contribution in [1.29, 1.82) is 0 Å². The van der Waals surface area contributed by atoms with E-state index in [1.165, 1.54) is 50.1 Å². The highest BCUT2D eigenvalue weighted by Crippen LogP contribution is 2.53. The predicted octanol–water partition coefficient (Wildman–Crippen LogP) is 12.9. The van der Waals surface area contributed by atoms with Crippen LogP contribution in [0.2, 0.25) is 0 Å². The fraction of sp³-hybridized carbons (Fsp3) is 0.0196. The molecular formula is C51H35N. The van der Waals surface area contributed by atoms with Crippen LogP contribution in [0.15, 0.2) is 212 Å². The van der Waals surface area contributed by atoms with Gasteiger partial charge in [0.2, 0.25) is 0 Å². The Morgan fingerprint density at radius 1 is 0.346 bits per heavy atom. The number of anilines is 3. The standard InChI is InChI=1S/C51H35N/c1-5-15-38(16-6-1)35-36-51(43-17-7-2-8-18-43)49-24-14-13-23-47(49)48-34-31-42(37-50(48)51)41-27-25-39(26-28-41)40-29-32-46(33-30-40)52(44-19-9-3-10-20-44)45-21-11-4-12-22-45/h1-34,37H. The van der Waals surface area contributed by atoms with E-state index in [0.717, 1.165) is 22.6 Å². The lowest BCUT2D eigenvalue weighted by atomic mass is 9.72. The first-order chi connectivity index (χ1) is 25.8. The van der Waals surface area contributed by atoms with Crippen LogP contribution in [0.4, 0.5) is 17.1 Å². The van der Waals surface area contributed by atoms with Gasteiger partial charge in [-0.1, -0.05) is 170 Å². The molecule has 1 heteroatoms. The molecule has 0 aliphatic heterocycles. The van der Waals surface area contributed by atoms with Gasteiger partial charge in [-0.15, -0.1) is 0 Å². The minimum Gasteiger partial charge on any atom is -0.311 e. The summed E-state index contributed by atoms with van der Waals surface area (Å²) in [7, 11) is 0. The lowest BCUT2D eigenvalue weighted by Crippen LogP contribution is -2.25. The highest BCUT2D eigenvalue weighted by Gasteiger charge is 2.43. The molecule has 0 spiro atoms. The molecule has 0 aromatic heterocycles. The summed E-state index contributed by atoms with van der Waals surface area (Å²) in [6.07, 6.45) is 0. The first kappa shape index (κ1) is 31.1. The predicted molar refractivity (Wildman–Crippen MR) is 217 cm³/mol. The molecule has 0 N–H and O–H groups in total. The average molecular weight is 662 g/mol. The molecule has 1 nitrogen and oxygen atoms in total. The summed E-state index contributed by atoms with van der Waals surface area (Å²) in [6, 6.07) is 75.6. The van der Waals surface area contributed by atoms with E-state index in [2.05, 4.69) is 223 Å². The molecule has 0 saturated carbocycles. The van der Waals surface area contributed by atoms with Crippen molar-refractivity contribution in [3.8, 4) is 45.2 Å². The molecule has 1 aliphatic carbocycles. The van der Waals surface area contributed by atoms with Gasteiger partial charge in [0.15, 0.2) is 0 Å². The van der Waals surface area contributed by atoms with E-state index in [4.69, 9.17) is 0 Å². The summed E-state index contributed by atoms with van der Waals surface area (Å²) in [5.41, 5.74) is 14.6. The van der Waals surface area contributed by atoms with Crippen LogP contribution < -0.4 is 4.90 Å². The maximum atomic E-state index is 3.83. The Bertz CT molecular complexity index is 2490. The molecule has 1 atom stereocenters. The molecule has 1 aliphatic rings. The van der Waals surface area contributed by atoms with Crippen molar-refractivity contribution < 1.29 is 0 Å². The molecule has 8 aromatic rings. The summed E-state index contributed by atoms with van der Waals surface area (Å²) < 4.78 is 0. The van der Waals surface area contributed by atoms with Gasteiger partial charge in [0.05, 0.1) is 0 Å². The van der Waals surface area contributed by atoms with Gasteiger partial charge in [0.1, 0.15) is 5.41 Å². The van der Waals surface area contributed by atoms with E-state index >= 15 is 0 Å². The maximum absolute atomic E-state index is 3.83. The molecule has 1 unspecified atom stereocenters. The van der Waals surface area contributed by atoms with Crippen LogP contribution in [-0.4, -0.2) is 0 Å². The lowest BCUT2D eigenvalue weighted by molar-refractivity contribution is 0.837. The van der Waals surface area contributed by atoms with E-state index in [1.807, 2.05) is 6.07 Å². The molecular weight excluding hydrogens is 627 g/mol. The molecule has 0 heterocycles. The normalized spacial score (nSPS) is 14.1. The quantitative estimate of drug-likeness (QED) is 0.160. The number of fused-ring (bicyclic) bond motifs is 3. The largest absolute Gasteiger partial charge is 0.311 e. The summed E-state index contributed by atoms with van der Waals surface area (Å²) in [4.78, 5) is 2.29. The van der Waals surface area contributed by atoms with Crippen LogP contribution in [0.3, 0.4) is 0 Å². The number of nitrogens with zero attached hydrogens (tertiary/aromatic N) is 1. The van der Waals surface area contributed by atoms with Crippen LogP contribution in [0.25, 0.3) is 33.4 Å². The van der Waals surface area contributed by atoms with Crippen LogP contribution in [-0.2, 0) is 5.41 Å². The fourth-order valence-electron chi connectivity index (χ4n) is 7.61. The zero-order valence-corrected chi connectivity index (χ0v) is 28.7. The van der Waals surface area contributed by atoms with E-state index in [0.29, 0.717) is 0 Å². The van der Waals surface area contributed by atoms with Crippen molar-refractivity contribution in [1.82, 2.24) is 0 Å². The number of para-hydroxylation sites is 2. The van der Waals surface area contributed by atoms with Gasteiger partial charge in [0.25, 0.3) is 0 Å². The monoisotopic (exact) mass is 661 g/mol. The lowest BCUT2D eigenvalue weighted by Gasteiger charge is -2.27. The van der Waals surface area contributed by atoms with E-state index in [-0.39, 0.29) is 0 Å². The van der Waals surface area contributed by atoms with E-state index < -0.39 is 5.41 Å². The zero-order valence-electron chi connectivity index (χ0n) is 28.7. The van der Waals surface area contributed by atoms with Crippen LogP contribution in [0.1, 0.15) is 22.3 Å². The highest BCUT2D eigenvalue weighted by atomic mass is 15.1. The van der Waals surface area contributed by atoms with Crippen molar-refractivity contribution in [3.63, 3.8) is 0 Å². The zero-order chi connectivity index (χ0) is 34.7. The van der Waals surface area contributed by atoms with Gasteiger partial charge < -0.3 is 4.90 Å². The van der Waals surface area contributed by atoms with Crippen molar-refractivity contribution >= 4 is 17.1 Å². The smallest absolute Gasteiger partial charge is 0.108 e. The van der Waals surface area contributed by atoms with Gasteiger partial charge in [-0.25, -0.2) is 0 Å². The van der Waals surface area contributed by atoms with Crippen molar-refractivity contribution in [2.75, 3.05) is 4.90 Å². The molecule has 0 fully saturated rings. The Kier molecular flexibility index (Phi) is 8.05. The Morgan fingerprint density at radius 3 is 1.40 bits per heavy atom. The van der Waals surface area contributed by atoms with Gasteiger partial charge in [0, 0.05) is 22.6 Å². The Morgan fingerprint density at radius 2 is 0.788 bits per heavy atom. The minimum absolute atomic E-state index is 0.603. The second kappa shape index (κ2) is 13.4. The summed E-state index contributed by atoms with van der Waals surface area (Å²) in [5.74, 6) is 7.40. The second-order valence-corrected chi connectivity index (χ2v) is 13.2. The van der Waals surface area contributed by atoms with Crippen LogP contribution in [0, 0.1) is 11.8 Å². The third kappa shape index (κ3) is 5.58. The number of hydrogen-bond acceptors (Lipinski definition) is 1. The Labute approximate surface area is 306 Å². The van der Waals surface area contributed by atoms with Crippen LogP contribution in [0.5, 0.6) is 0 Å². The van der Waals surface area contributed by atoms with E-state index in [9.17, 15) is 0 Å². The summed E-state index contributed by atoms with van der Waals surface area (Å²) >= 11 is 0.